The van der Waals surface area contributed by atoms with Crippen LogP contribution in [0.25, 0.3) is 22.8 Å². The normalized spacial score (nSPS) is 15.6. The van der Waals surface area contributed by atoms with Crippen LogP contribution in [0, 0.1) is 5.92 Å². The second kappa shape index (κ2) is 11.5. The van der Waals surface area contributed by atoms with Gasteiger partial charge in [0.15, 0.2) is 0 Å². The molecule has 1 aliphatic rings. The predicted octanol–water partition coefficient (Wildman–Crippen LogP) is 7.07. The zero-order chi connectivity index (χ0) is 25.8. The van der Waals surface area contributed by atoms with Gasteiger partial charge in [0.25, 0.3) is 0 Å². The zero-order valence-electron chi connectivity index (χ0n) is 20.1. The summed E-state index contributed by atoms with van der Waals surface area (Å²) in [5.41, 5.74) is 2.16. The standard InChI is InChI=1S/C27H25Cl2FN4O3/c1-16(27-21(28)13-31-14-22(27)29)37-19-3-4-24-20(10-19)25(34-33-24)11-23(30)18-2-5-26(32-12-18)36-15-17-6-8-35-9-7-17/h2-5,10-14,16-17H,6-9,15H2,1H3,(H,33,34)/b23-11-. The molecule has 10 heteroatoms. The number of nitrogens with zero attached hydrogens (tertiary/aromatic N) is 3. The number of benzene rings is 1. The van der Waals surface area contributed by atoms with Gasteiger partial charge in [0, 0.05) is 60.5 Å². The fraction of sp³-hybridized carbons (Fsp3) is 0.296. The van der Waals surface area contributed by atoms with Gasteiger partial charge in [-0.25, -0.2) is 9.37 Å². The van der Waals surface area contributed by atoms with Crippen LogP contribution in [0.3, 0.4) is 0 Å². The largest absolute Gasteiger partial charge is 0.486 e. The number of hydrogen-bond acceptors (Lipinski definition) is 6. The van der Waals surface area contributed by atoms with Gasteiger partial charge in [-0.05, 0) is 49.9 Å². The molecule has 4 aromatic rings. The lowest BCUT2D eigenvalue weighted by atomic mass is 10.0. The third-order valence-electron chi connectivity index (χ3n) is 6.26. The molecule has 1 unspecified atom stereocenters. The Morgan fingerprint density at radius 1 is 1.16 bits per heavy atom. The highest BCUT2D eigenvalue weighted by Gasteiger charge is 2.17. The monoisotopic (exact) mass is 542 g/mol. The molecule has 4 heterocycles. The van der Waals surface area contributed by atoms with Crippen molar-refractivity contribution in [2.75, 3.05) is 19.8 Å². The first-order valence-electron chi connectivity index (χ1n) is 12.0. The molecule has 0 spiro atoms. The smallest absolute Gasteiger partial charge is 0.213 e. The molecule has 3 aromatic heterocycles. The highest BCUT2D eigenvalue weighted by molar-refractivity contribution is 6.35. The molecule has 37 heavy (non-hydrogen) atoms. The van der Waals surface area contributed by atoms with E-state index in [-0.39, 0.29) is 0 Å². The van der Waals surface area contributed by atoms with Crippen molar-refractivity contribution >= 4 is 46.0 Å². The van der Waals surface area contributed by atoms with Crippen LogP contribution in [0.1, 0.15) is 42.7 Å². The molecule has 0 bridgehead atoms. The molecule has 1 N–H and O–H groups in total. The summed E-state index contributed by atoms with van der Waals surface area (Å²) in [7, 11) is 0. The lowest BCUT2D eigenvalue weighted by Crippen LogP contribution is -2.21. The van der Waals surface area contributed by atoms with E-state index in [2.05, 4.69) is 20.2 Å². The van der Waals surface area contributed by atoms with Crippen molar-refractivity contribution in [2.45, 2.75) is 25.9 Å². The Labute approximate surface area is 223 Å². The van der Waals surface area contributed by atoms with Crippen LogP contribution in [-0.2, 0) is 4.74 Å². The number of H-pyrrole nitrogens is 1. The Bertz CT molecular complexity index is 1380. The lowest BCUT2D eigenvalue weighted by molar-refractivity contribution is 0.0490. The van der Waals surface area contributed by atoms with Crippen LogP contribution in [0.4, 0.5) is 4.39 Å². The SMILES string of the molecule is CC(Oc1ccc2n[nH]c(/C=C(\F)c3ccc(OCC4CCOCC4)nc3)c2c1)c1c(Cl)cncc1Cl. The van der Waals surface area contributed by atoms with Crippen molar-refractivity contribution in [3.8, 4) is 11.6 Å². The Morgan fingerprint density at radius 2 is 1.95 bits per heavy atom. The van der Waals surface area contributed by atoms with E-state index < -0.39 is 11.9 Å². The van der Waals surface area contributed by atoms with E-state index in [1.54, 1.807) is 30.3 Å². The molecule has 7 nitrogen and oxygen atoms in total. The van der Waals surface area contributed by atoms with E-state index in [1.807, 2.05) is 6.92 Å². The first-order chi connectivity index (χ1) is 18.0. The first kappa shape index (κ1) is 25.4. The number of rotatable bonds is 8. The molecule has 0 aliphatic carbocycles. The summed E-state index contributed by atoms with van der Waals surface area (Å²) in [6, 6.07) is 8.70. The van der Waals surface area contributed by atoms with E-state index in [0.717, 1.165) is 26.1 Å². The fourth-order valence-corrected chi connectivity index (χ4v) is 4.87. The topological polar surface area (TPSA) is 82.2 Å². The summed E-state index contributed by atoms with van der Waals surface area (Å²) >= 11 is 12.5. The van der Waals surface area contributed by atoms with Crippen LogP contribution in [0.2, 0.25) is 10.0 Å². The minimum atomic E-state index is -0.455. The van der Waals surface area contributed by atoms with Crippen LogP contribution < -0.4 is 9.47 Å². The lowest BCUT2D eigenvalue weighted by Gasteiger charge is -2.21. The highest BCUT2D eigenvalue weighted by Crippen LogP contribution is 2.34. The Morgan fingerprint density at radius 3 is 2.68 bits per heavy atom. The van der Waals surface area contributed by atoms with E-state index in [0.29, 0.717) is 61.9 Å². The quantitative estimate of drug-likeness (QED) is 0.256. The minimum absolute atomic E-state index is 0.337. The molecule has 1 aromatic carbocycles. The molecular weight excluding hydrogens is 518 g/mol. The van der Waals surface area contributed by atoms with Crippen molar-refractivity contribution < 1.29 is 18.6 Å². The van der Waals surface area contributed by atoms with Crippen molar-refractivity contribution in [2.24, 2.45) is 5.92 Å². The van der Waals surface area contributed by atoms with E-state index in [4.69, 9.17) is 37.4 Å². The van der Waals surface area contributed by atoms with Crippen molar-refractivity contribution in [3.05, 3.63) is 75.8 Å². The van der Waals surface area contributed by atoms with Gasteiger partial charge >= 0.3 is 0 Å². The average molecular weight is 543 g/mol. The summed E-state index contributed by atoms with van der Waals surface area (Å²) in [5.74, 6) is 1.04. The Balaban J connectivity index is 1.30. The molecule has 1 aliphatic heterocycles. The first-order valence-corrected chi connectivity index (χ1v) is 12.7. The van der Waals surface area contributed by atoms with Gasteiger partial charge in [-0.2, -0.15) is 5.10 Å². The van der Waals surface area contributed by atoms with Gasteiger partial charge in [0.2, 0.25) is 5.88 Å². The summed E-state index contributed by atoms with van der Waals surface area (Å²) in [6.07, 6.45) is 7.41. The van der Waals surface area contributed by atoms with Crippen LogP contribution >= 0.6 is 23.2 Å². The number of fused-ring (bicyclic) bond motifs is 1. The fourth-order valence-electron chi connectivity index (χ4n) is 4.20. The number of halogens is 3. The summed E-state index contributed by atoms with van der Waals surface area (Å²) in [4.78, 5) is 8.24. The molecule has 1 fully saturated rings. The number of aromatic nitrogens is 4. The summed E-state index contributed by atoms with van der Waals surface area (Å²) < 4.78 is 32.3. The number of hydrogen-bond donors (Lipinski definition) is 1. The van der Waals surface area contributed by atoms with Crippen molar-refractivity contribution in [1.82, 2.24) is 20.2 Å². The van der Waals surface area contributed by atoms with Crippen LogP contribution in [0.5, 0.6) is 11.6 Å². The van der Waals surface area contributed by atoms with E-state index in [1.165, 1.54) is 24.7 Å². The summed E-state index contributed by atoms with van der Waals surface area (Å²) in [5, 5.41) is 8.70. The average Bonchev–Trinajstić information content (AvgIpc) is 3.30. The second-order valence-electron chi connectivity index (χ2n) is 8.84. The van der Waals surface area contributed by atoms with Gasteiger partial charge in [0.05, 0.1) is 27.9 Å². The zero-order valence-corrected chi connectivity index (χ0v) is 21.6. The number of pyridine rings is 2. The van der Waals surface area contributed by atoms with Gasteiger partial charge in [-0.15, -0.1) is 0 Å². The molecule has 1 saturated heterocycles. The predicted molar refractivity (Wildman–Crippen MR) is 142 cm³/mol. The van der Waals surface area contributed by atoms with Crippen LogP contribution in [-0.4, -0.2) is 40.0 Å². The van der Waals surface area contributed by atoms with E-state index >= 15 is 4.39 Å². The highest BCUT2D eigenvalue weighted by atomic mass is 35.5. The van der Waals surface area contributed by atoms with Crippen molar-refractivity contribution in [1.29, 1.82) is 0 Å². The van der Waals surface area contributed by atoms with Gasteiger partial charge < -0.3 is 14.2 Å². The van der Waals surface area contributed by atoms with Gasteiger partial charge in [0.1, 0.15) is 17.7 Å². The van der Waals surface area contributed by atoms with Gasteiger partial charge in [-0.3, -0.25) is 10.1 Å². The molecule has 0 saturated carbocycles. The maximum absolute atomic E-state index is 15.1. The minimum Gasteiger partial charge on any atom is -0.486 e. The summed E-state index contributed by atoms with van der Waals surface area (Å²) in [6.45, 7) is 3.95. The molecule has 1 atom stereocenters. The third-order valence-corrected chi connectivity index (χ3v) is 6.86. The number of aromatic amines is 1. The Kier molecular flexibility index (Phi) is 7.88. The molecule has 0 amide bonds. The molecular formula is C27H25Cl2FN4O3. The number of nitrogens with one attached hydrogen (secondary N) is 1. The maximum atomic E-state index is 15.1. The van der Waals surface area contributed by atoms with Crippen LogP contribution in [0.15, 0.2) is 48.9 Å². The molecule has 192 valence electrons. The molecule has 0 radical (unpaired) electrons. The molecule has 5 rings (SSSR count). The third kappa shape index (κ3) is 6.04. The van der Waals surface area contributed by atoms with Crippen molar-refractivity contribution in [3.63, 3.8) is 0 Å². The second-order valence-corrected chi connectivity index (χ2v) is 9.65. The maximum Gasteiger partial charge on any atom is 0.213 e. The van der Waals surface area contributed by atoms with Gasteiger partial charge in [-0.1, -0.05) is 23.2 Å². The van der Waals surface area contributed by atoms with E-state index in [9.17, 15) is 0 Å². The Hall–Kier alpha value is -3.20. The number of ether oxygens (including phenoxy) is 3.